The molecule has 0 saturated carbocycles. The zero-order valence-electron chi connectivity index (χ0n) is 19.2. The molecule has 0 radical (unpaired) electrons. The second-order valence-corrected chi connectivity index (χ2v) is 8.26. The molecule has 0 spiro atoms. The molecular weight excluding hydrogens is 408 g/mol. The molecule has 0 atom stereocenters. The van der Waals surface area contributed by atoms with Gasteiger partial charge in [-0.2, -0.15) is 0 Å². The Morgan fingerprint density at radius 1 is 0.969 bits per heavy atom. The van der Waals surface area contributed by atoms with E-state index in [1.165, 1.54) is 12.1 Å². The average Bonchev–Trinajstić information content (AvgIpc) is 2.73. The minimum atomic E-state index is -0.787. The fourth-order valence-corrected chi connectivity index (χ4v) is 2.50. The lowest BCUT2D eigenvalue weighted by atomic mass is 9.87. The second-order valence-electron chi connectivity index (χ2n) is 8.26. The third kappa shape index (κ3) is 7.91. The first-order chi connectivity index (χ1) is 15.1. The number of rotatable bonds is 7. The van der Waals surface area contributed by atoms with Gasteiger partial charge in [-0.05, 0) is 61.2 Å². The third-order valence-electron chi connectivity index (χ3n) is 4.79. The van der Waals surface area contributed by atoms with Crippen molar-refractivity contribution < 1.29 is 23.9 Å². The monoisotopic (exact) mass is 438 g/mol. The molecule has 0 fully saturated rings. The summed E-state index contributed by atoms with van der Waals surface area (Å²) >= 11 is 0. The van der Waals surface area contributed by atoms with Crippen molar-refractivity contribution in [3.8, 4) is 5.75 Å². The van der Waals surface area contributed by atoms with Gasteiger partial charge >= 0.3 is 6.16 Å². The van der Waals surface area contributed by atoms with E-state index in [9.17, 15) is 14.4 Å². The molecule has 0 aromatic heterocycles. The number of carbonyl (C=O) groups excluding carboxylic acids is 3. The Hall–Kier alpha value is -3.61. The zero-order chi connectivity index (χ0) is 23.7. The smallest absolute Gasteiger partial charge is 0.434 e. The van der Waals surface area contributed by atoms with Gasteiger partial charge < -0.3 is 20.1 Å². The molecule has 2 amide bonds. The van der Waals surface area contributed by atoms with E-state index in [1.807, 2.05) is 19.1 Å². The van der Waals surface area contributed by atoms with Crippen molar-refractivity contribution >= 4 is 23.7 Å². The Morgan fingerprint density at radius 2 is 1.59 bits per heavy atom. The highest BCUT2D eigenvalue weighted by Gasteiger charge is 2.14. The zero-order valence-corrected chi connectivity index (χ0v) is 19.2. The van der Waals surface area contributed by atoms with Crippen LogP contribution in [-0.4, -0.2) is 24.6 Å². The third-order valence-corrected chi connectivity index (χ3v) is 4.79. The largest absolute Gasteiger partial charge is 0.513 e. The number of carbonyl (C=O) groups is 3. The molecular formula is C25H30N2O5. The lowest BCUT2D eigenvalue weighted by molar-refractivity contribution is -0.112. The number of nitrogens with one attached hydrogen (secondary N) is 2. The van der Waals surface area contributed by atoms with Gasteiger partial charge in [0.2, 0.25) is 5.91 Å². The molecule has 0 bridgehead atoms. The fraction of sp³-hybridized carbons (Fsp3) is 0.320. The van der Waals surface area contributed by atoms with E-state index in [4.69, 9.17) is 9.47 Å². The van der Waals surface area contributed by atoms with Crippen molar-refractivity contribution in [3.05, 3.63) is 71.3 Å². The van der Waals surface area contributed by atoms with Crippen LogP contribution in [-0.2, 0) is 16.1 Å². The quantitative estimate of drug-likeness (QED) is 0.357. The molecule has 7 nitrogen and oxygen atoms in total. The summed E-state index contributed by atoms with van der Waals surface area (Å²) in [7, 11) is 0. The van der Waals surface area contributed by atoms with Crippen molar-refractivity contribution in [2.45, 2.75) is 41.2 Å². The highest BCUT2D eigenvalue weighted by molar-refractivity contribution is 5.99. The topological polar surface area (TPSA) is 93.7 Å². The molecule has 0 aliphatic heterocycles. The van der Waals surface area contributed by atoms with Gasteiger partial charge in [0.1, 0.15) is 5.75 Å². The Balaban J connectivity index is 1.87. The fourth-order valence-electron chi connectivity index (χ4n) is 2.50. The molecule has 7 heteroatoms. The van der Waals surface area contributed by atoms with Crippen molar-refractivity contribution in [1.29, 1.82) is 0 Å². The number of amides is 2. The molecule has 0 aliphatic carbocycles. The van der Waals surface area contributed by atoms with E-state index >= 15 is 0 Å². The average molecular weight is 439 g/mol. The summed E-state index contributed by atoms with van der Waals surface area (Å²) in [6.07, 6.45) is 0.821. The van der Waals surface area contributed by atoms with Gasteiger partial charge in [-0.25, -0.2) is 4.79 Å². The van der Waals surface area contributed by atoms with E-state index in [2.05, 4.69) is 31.4 Å². The van der Waals surface area contributed by atoms with Gasteiger partial charge in [-0.3, -0.25) is 9.59 Å². The van der Waals surface area contributed by atoms with Crippen LogP contribution >= 0.6 is 0 Å². The van der Waals surface area contributed by atoms with E-state index in [-0.39, 0.29) is 23.8 Å². The van der Waals surface area contributed by atoms with Gasteiger partial charge in [0.15, 0.2) is 0 Å². The van der Waals surface area contributed by atoms with E-state index in [0.29, 0.717) is 23.5 Å². The summed E-state index contributed by atoms with van der Waals surface area (Å²) < 4.78 is 9.67. The van der Waals surface area contributed by atoms with Crippen molar-refractivity contribution in [2.75, 3.05) is 11.9 Å². The van der Waals surface area contributed by atoms with E-state index in [1.54, 1.807) is 37.3 Å². The maximum atomic E-state index is 12.3. The molecule has 32 heavy (non-hydrogen) atoms. The molecule has 0 saturated heterocycles. The predicted molar refractivity (Wildman–Crippen MR) is 124 cm³/mol. The molecule has 2 rings (SSSR count). The van der Waals surface area contributed by atoms with Gasteiger partial charge in [0.05, 0.1) is 6.61 Å². The summed E-state index contributed by atoms with van der Waals surface area (Å²) in [5.74, 6) is -0.133. The highest BCUT2D eigenvalue weighted by atomic mass is 16.7. The summed E-state index contributed by atoms with van der Waals surface area (Å²) in [5.41, 5.74) is 2.94. The summed E-state index contributed by atoms with van der Waals surface area (Å²) in [6.45, 7) is 10.3. The van der Waals surface area contributed by atoms with Gasteiger partial charge in [-0.1, -0.05) is 38.5 Å². The number of benzene rings is 2. The molecule has 2 N–H and O–H groups in total. The lowest BCUT2D eigenvalue weighted by Crippen LogP contribution is -2.22. The number of ether oxygens (including phenoxy) is 2. The first kappa shape index (κ1) is 24.7. The Bertz CT molecular complexity index is 971. The van der Waals surface area contributed by atoms with Crippen molar-refractivity contribution in [1.82, 2.24) is 5.32 Å². The van der Waals surface area contributed by atoms with E-state index in [0.717, 1.165) is 11.1 Å². The van der Waals surface area contributed by atoms with Crippen molar-refractivity contribution in [3.63, 3.8) is 0 Å². The first-order valence-corrected chi connectivity index (χ1v) is 10.4. The van der Waals surface area contributed by atoms with E-state index < -0.39 is 6.16 Å². The number of hydrogen-bond donors (Lipinski definition) is 2. The summed E-state index contributed by atoms with van der Waals surface area (Å²) in [4.78, 5) is 35.8. The van der Waals surface area contributed by atoms with Crippen LogP contribution in [0.3, 0.4) is 0 Å². The Morgan fingerprint density at radius 3 is 2.16 bits per heavy atom. The van der Waals surface area contributed by atoms with Crippen LogP contribution in [0.4, 0.5) is 10.5 Å². The predicted octanol–water partition coefficient (Wildman–Crippen LogP) is 5.08. The Labute approximate surface area is 188 Å². The number of anilines is 1. The normalized spacial score (nSPS) is 11.5. The summed E-state index contributed by atoms with van der Waals surface area (Å²) in [6, 6.07) is 13.4. The minimum Gasteiger partial charge on any atom is -0.434 e. The van der Waals surface area contributed by atoms with Crippen molar-refractivity contribution in [2.24, 2.45) is 5.41 Å². The maximum absolute atomic E-state index is 12.3. The molecule has 0 heterocycles. The first-order valence-electron chi connectivity index (χ1n) is 10.4. The van der Waals surface area contributed by atoms with Crippen LogP contribution in [0.15, 0.2) is 60.2 Å². The van der Waals surface area contributed by atoms with Crippen LogP contribution in [0.2, 0.25) is 0 Å². The van der Waals surface area contributed by atoms with Crippen LogP contribution in [0.5, 0.6) is 5.75 Å². The SMILES string of the molecule is CCOC(=O)Oc1ccc(C(=O)NCc2ccc(NC(=O)/C=C(\C)C(C)(C)C)cc2)cc1. The van der Waals surface area contributed by atoms with Crippen LogP contribution in [0, 0.1) is 5.41 Å². The maximum Gasteiger partial charge on any atom is 0.513 e. The molecule has 2 aromatic rings. The van der Waals surface area contributed by atoms with Gasteiger partial charge in [0.25, 0.3) is 5.91 Å². The number of hydrogen-bond acceptors (Lipinski definition) is 5. The Kier molecular flexibility index (Phi) is 8.58. The number of allylic oxidation sites excluding steroid dienone is 1. The van der Waals surface area contributed by atoms with Crippen LogP contribution < -0.4 is 15.4 Å². The van der Waals surface area contributed by atoms with Gasteiger partial charge in [-0.15, -0.1) is 0 Å². The molecule has 170 valence electrons. The van der Waals surface area contributed by atoms with Crippen LogP contribution in [0.1, 0.15) is 50.5 Å². The highest BCUT2D eigenvalue weighted by Crippen LogP contribution is 2.24. The molecule has 2 aromatic carbocycles. The minimum absolute atomic E-state index is 0.0619. The van der Waals surface area contributed by atoms with Crippen LogP contribution in [0.25, 0.3) is 0 Å². The molecule has 0 unspecified atom stereocenters. The van der Waals surface area contributed by atoms with Gasteiger partial charge in [0, 0.05) is 23.9 Å². The summed E-state index contributed by atoms with van der Waals surface area (Å²) in [5, 5.41) is 5.67. The standard InChI is InChI=1S/C25H30N2O5/c1-6-31-24(30)32-21-13-9-19(10-14-21)23(29)26-16-18-7-11-20(12-8-18)27-22(28)15-17(2)25(3,4)5/h7-15H,6,16H2,1-5H3,(H,26,29)(H,27,28)/b17-15+. The second kappa shape index (κ2) is 11.1. The molecule has 0 aliphatic rings. The lowest BCUT2D eigenvalue weighted by Gasteiger charge is -2.19.